The molecule has 0 bridgehead atoms. The van der Waals surface area contributed by atoms with Crippen LogP contribution >= 0.6 is 0 Å². The van der Waals surface area contributed by atoms with Gasteiger partial charge in [-0.1, -0.05) is 193 Å². The van der Waals surface area contributed by atoms with Crippen LogP contribution < -0.4 is 26.2 Å². The van der Waals surface area contributed by atoms with Gasteiger partial charge in [-0.25, -0.2) is 0 Å². The summed E-state index contributed by atoms with van der Waals surface area (Å²) in [5, 5.41) is 2.30. The monoisotopic (exact) mass is 1020 g/mol. The third kappa shape index (κ3) is 7.02. The second-order valence-electron chi connectivity index (χ2n) is 28.4. The SMILES string of the molecule is Cc1cc2c3c(c1)N(c1cccc4oc5ccccc5c14)c1cc(C4c5ccc(C(C)(C)C)cc5C5(C)CCCCC45C)ccc1B3c1cc3c(cc1N2c1ccc(C(C)(C)C)cc1-c1ccccc1)C(C)(C)CCC3(C)C. The van der Waals surface area contributed by atoms with Gasteiger partial charge in [0.15, 0.2) is 0 Å². The van der Waals surface area contributed by atoms with Gasteiger partial charge in [-0.15, -0.1) is 0 Å². The van der Waals surface area contributed by atoms with Crippen molar-refractivity contribution in [1.29, 1.82) is 0 Å². The standard InChI is InChI=1S/C74H77BN2O/c1-45-38-62-68-63(39-45)77(59-25-21-27-65-66(59)51-24-17-18-26-64(51)78-65)60-40-47(67-50-31-29-49(70(5,6)7)42-53(50)73(12)34-19-20-35-74(67,73)13)28-32-56(60)75(68)57-43-54-55(72(10,11)37-36-71(54,8)9)44-61(57)76(62)58-33-30-48(69(2,3)4)41-52(58)46-22-15-14-16-23-46/h14-18,21-33,38-44,67H,19-20,34-37H2,1-13H3. The van der Waals surface area contributed by atoms with Gasteiger partial charge in [0, 0.05) is 39.6 Å². The van der Waals surface area contributed by atoms with Crippen LogP contribution in [0.3, 0.4) is 0 Å². The molecule has 1 aromatic heterocycles. The van der Waals surface area contributed by atoms with Gasteiger partial charge in [-0.3, -0.25) is 0 Å². The molecule has 3 aliphatic carbocycles. The summed E-state index contributed by atoms with van der Waals surface area (Å²) < 4.78 is 6.79. The molecular formula is C74H77BN2O. The van der Waals surface area contributed by atoms with Crippen LogP contribution in [0.1, 0.15) is 172 Å². The van der Waals surface area contributed by atoms with Crippen molar-refractivity contribution >= 4 is 79.2 Å². The number of hydrogen-bond acceptors (Lipinski definition) is 3. The number of nitrogens with zero attached hydrogens (tertiary/aromatic N) is 2. The Morgan fingerprint density at radius 1 is 0.500 bits per heavy atom. The van der Waals surface area contributed by atoms with Crippen LogP contribution in [0.5, 0.6) is 0 Å². The van der Waals surface area contributed by atoms with Crippen LogP contribution in [0.4, 0.5) is 34.1 Å². The predicted octanol–water partition coefficient (Wildman–Crippen LogP) is 18.6. The Morgan fingerprint density at radius 2 is 1.13 bits per heavy atom. The van der Waals surface area contributed by atoms with Crippen molar-refractivity contribution in [3.63, 3.8) is 0 Å². The second kappa shape index (κ2) is 16.6. The summed E-state index contributed by atoms with van der Waals surface area (Å²) in [5.41, 5.74) is 27.6. The minimum absolute atomic E-state index is 0.0130. The summed E-state index contributed by atoms with van der Waals surface area (Å²) >= 11 is 0. The summed E-state index contributed by atoms with van der Waals surface area (Å²) in [4.78, 5) is 5.38. The summed E-state index contributed by atoms with van der Waals surface area (Å²) in [6, 6.07) is 59.7. The average molecular weight is 1020 g/mol. The van der Waals surface area contributed by atoms with Crippen LogP contribution in [0.25, 0.3) is 33.1 Å². The molecule has 0 N–H and O–H groups in total. The number of para-hydroxylation sites is 1. The van der Waals surface area contributed by atoms with Gasteiger partial charge in [-0.05, 0) is 186 Å². The second-order valence-corrected chi connectivity index (χ2v) is 28.4. The van der Waals surface area contributed by atoms with Gasteiger partial charge in [0.05, 0.1) is 16.8 Å². The van der Waals surface area contributed by atoms with Gasteiger partial charge < -0.3 is 14.2 Å². The molecule has 0 amide bonds. The molecule has 4 heteroatoms. The number of benzene rings is 8. The largest absolute Gasteiger partial charge is 0.456 e. The van der Waals surface area contributed by atoms with E-state index in [1.807, 2.05) is 0 Å². The highest BCUT2D eigenvalue weighted by Gasteiger charge is 2.59. The first-order valence-corrected chi connectivity index (χ1v) is 29.4. The summed E-state index contributed by atoms with van der Waals surface area (Å²) in [7, 11) is 0. The molecule has 0 radical (unpaired) electrons. The quantitative estimate of drug-likeness (QED) is 0.164. The number of aryl methyl sites for hydroxylation is 1. The zero-order chi connectivity index (χ0) is 54.2. The van der Waals surface area contributed by atoms with E-state index in [2.05, 4.69) is 251 Å². The number of rotatable bonds is 4. The van der Waals surface area contributed by atoms with Crippen molar-refractivity contribution in [1.82, 2.24) is 0 Å². The highest BCUT2D eigenvalue weighted by atomic mass is 16.3. The summed E-state index contributed by atoms with van der Waals surface area (Å²) in [6.07, 6.45) is 7.29. The fourth-order valence-electron chi connectivity index (χ4n) is 16.0. The van der Waals surface area contributed by atoms with Crippen molar-refractivity contribution < 1.29 is 4.42 Å². The molecule has 9 aromatic rings. The van der Waals surface area contributed by atoms with Crippen molar-refractivity contribution in [2.45, 2.75) is 162 Å². The van der Waals surface area contributed by atoms with E-state index in [4.69, 9.17) is 4.42 Å². The molecule has 78 heavy (non-hydrogen) atoms. The van der Waals surface area contributed by atoms with E-state index in [-0.39, 0.29) is 45.1 Å². The maximum Gasteiger partial charge on any atom is 0.252 e. The Hall–Kier alpha value is -6.78. The molecular weight excluding hydrogens is 944 g/mol. The first kappa shape index (κ1) is 49.5. The lowest BCUT2D eigenvalue weighted by Crippen LogP contribution is -2.62. The molecule has 392 valence electrons. The molecule has 3 nitrogen and oxygen atoms in total. The van der Waals surface area contributed by atoms with E-state index >= 15 is 0 Å². The lowest BCUT2D eigenvalue weighted by molar-refractivity contribution is 0.0923. The van der Waals surface area contributed by atoms with Crippen LogP contribution in [0.2, 0.25) is 0 Å². The molecule has 3 unspecified atom stereocenters. The van der Waals surface area contributed by atoms with Gasteiger partial charge in [-0.2, -0.15) is 0 Å². The maximum atomic E-state index is 6.79. The van der Waals surface area contributed by atoms with Gasteiger partial charge in [0.1, 0.15) is 11.2 Å². The van der Waals surface area contributed by atoms with Gasteiger partial charge in [0.25, 0.3) is 6.71 Å². The third-order valence-corrected chi connectivity index (χ3v) is 20.7. The zero-order valence-corrected chi connectivity index (χ0v) is 48.6. The minimum atomic E-state index is -0.0333. The van der Waals surface area contributed by atoms with Crippen molar-refractivity contribution in [3.05, 3.63) is 196 Å². The topological polar surface area (TPSA) is 19.6 Å². The zero-order valence-electron chi connectivity index (χ0n) is 48.6. The first-order valence-electron chi connectivity index (χ1n) is 29.4. The molecule has 2 aliphatic heterocycles. The Balaban J connectivity index is 1.10. The van der Waals surface area contributed by atoms with E-state index in [0.29, 0.717) is 0 Å². The molecule has 0 spiro atoms. The van der Waals surface area contributed by atoms with Gasteiger partial charge in [0.2, 0.25) is 0 Å². The number of furan rings is 1. The van der Waals surface area contributed by atoms with E-state index in [1.165, 1.54) is 121 Å². The van der Waals surface area contributed by atoms with Crippen LogP contribution in [0.15, 0.2) is 156 Å². The molecule has 14 rings (SSSR count). The first-order chi connectivity index (χ1) is 37.1. The Morgan fingerprint density at radius 3 is 1.86 bits per heavy atom. The number of hydrogen-bond donors (Lipinski definition) is 0. The molecule has 1 saturated carbocycles. The van der Waals surface area contributed by atoms with Gasteiger partial charge >= 0.3 is 0 Å². The molecule has 1 fully saturated rings. The van der Waals surface area contributed by atoms with Crippen molar-refractivity contribution in [2.75, 3.05) is 9.80 Å². The lowest BCUT2D eigenvalue weighted by Gasteiger charge is -2.49. The highest BCUT2D eigenvalue weighted by Crippen LogP contribution is 2.67. The molecule has 0 saturated heterocycles. The van der Waals surface area contributed by atoms with Crippen molar-refractivity contribution in [3.8, 4) is 11.1 Å². The summed E-state index contributed by atoms with van der Waals surface area (Å²) in [6.45, 7) is 31.7. The molecule has 3 heterocycles. The van der Waals surface area contributed by atoms with Crippen molar-refractivity contribution in [2.24, 2.45) is 5.41 Å². The highest BCUT2D eigenvalue weighted by molar-refractivity contribution is 7.00. The number of fused-ring (bicyclic) bond motifs is 11. The fraction of sp³-hybridized carbons (Fsp3) is 0.351. The van der Waals surface area contributed by atoms with Crippen LogP contribution in [-0.2, 0) is 27.1 Å². The Bertz CT molecular complexity index is 3970. The summed E-state index contributed by atoms with van der Waals surface area (Å²) in [5.74, 6) is 0.246. The van der Waals surface area contributed by atoms with E-state index in [9.17, 15) is 0 Å². The molecule has 8 aromatic carbocycles. The predicted molar refractivity (Wildman–Crippen MR) is 333 cm³/mol. The number of anilines is 6. The smallest absolute Gasteiger partial charge is 0.252 e. The Labute approximate surface area is 465 Å². The van der Waals surface area contributed by atoms with E-state index in [0.717, 1.165) is 40.5 Å². The molecule has 5 aliphatic rings. The fourth-order valence-corrected chi connectivity index (χ4v) is 16.0. The third-order valence-electron chi connectivity index (χ3n) is 20.7. The van der Waals surface area contributed by atoms with Crippen LogP contribution in [-0.4, -0.2) is 6.71 Å². The maximum absolute atomic E-state index is 6.79. The van der Waals surface area contributed by atoms with Crippen LogP contribution in [0, 0.1) is 12.3 Å². The minimum Gasteiger partial charge on any atom is -0.456 e. The lowest BCUT2D eigenvalue weighted by atomic mass is 9.33. The van der Waals surface area contributed by atoms with E-state index < -0.39 is 0 Å². The Kier molecular flexibility index (Phi) is 10.6. The molecule has 3 atom stereocenters. The average Bonchev–Trinajstić information content (AvgIpc) is 3.02. The van der Waals surface area contributed by atoms with E-state index in [1.54, 1.807) is 5.56 Å². The normalized spacial score (nSPS) is 21.7.